The average molecular weight is 256 g/mol. The third kappa shape index (κ3) is 3.06. The number of benzene rings is 1. The van der Waals surface area contributed by atoms with Crippen LogP contribution < -0.4 is 5.32 Å². The Bertz CT molecular complexity index is 673. The van der Waals surface area contributed by atoms with Crippen molar-refractivity contribution in [1.82, 2.24) is 0 Å². The van der Waals surface area contributed by atoms with Gasteiger partial charge in [0.05, 0.1) is 5.56 Å². The van der Waals surface area contributed by atoms with Crippen LogP contribution in [0.25, 0.3) is 0 Å². The SMILES string of the molecule is N#CC(C#N)=C(C#N)Nc1ccc(C(=O)O)c(F)c1. The number of carboxylic acids is 1. The highest BCUT2D eigenvalue weighted by Gasteiger charge is 2.12. The summed E-state index contributed by atoms with van der Waals surface area (Å²) in [6.45, 7) is 0. The summed E-state index contributed by atoms with van der Waals surface area (Å²) in [5, 5.41) is 37.0. The largest absolute Gasteiger partial charge is 0.478 e. The van der Waals surface area contributed by atoms with Gasteiger partial charge in [0.15, 0.2) is 5.57 Å². The molecule has 0 radical (unpaired) electrons. The van der Waals surface area contributed by atoms with E-state index in [1.54, 1.807) is 6.07 Å². The number of nitrogens with one attached hydrogen (secondary N) is 1. The molecule has 0 aliphatic rings. The summed E-state index contributed by atoms with van der Waals surface area (Å²) in [7, 11) is 0. The minimum Gasteiger partial charge on any atom is -0.478 e. The first-order chi connectivity index (χ1) is 9.03. The van der Waals surface area contributed by atoms with E-state index in [9.17, 15) is 9.18 Å². The van der Waals surface area contributed by atoms with Crippen molar-refractivity contribution in [2.45, 2.75) is 0 Å². The first-order valence-corrected chi connectivity index (χ1v) is 4.78. The van der Waals surface area contributed by atoms with Crippen LogP contribution in [0.1, 0.15) is 10.4 Å². The highest BCUT2D eigenvalue weighted by Crippen LogP contribution is 2.17. The Balaban J connectivity index is 3.16. The van der Waals surface area contributed by atoms with Crippen LogP contribution in [0.3, 0.4) is 0 Å². The van der Waals surface area contributed by atoms with Crippen LogP contribution in [-0.4, -0.2) is 11.1 Å². The Morgan fingerprint density at radius 3 is 2.26 bits per heavy atom. The first-order valence-electron chi connectivity index (χ1n) is 4.78. The molecule has 1 rings (SSSR count). The van der Waals surface area contributed by atoms with Gasteiger partial charge in [0, 0.05) is 5.69 Å². The van der Waals surface area contributed by atoms with E-state index in [1.807, 2.05) is 0 Å². The quantitative estimate of drug-likeness (QED) is 0.794. The molecule has 0 atom stereocenters. The number of allylic oxidation sites excluding steroid dienone is 2. The summed E-state index contributed by atoms with van der Waals surface area (Å²) in [6.07, 6.45) is 0. The van der Waals surface area contributed by atoms with E-state index in [0.29, 0.717) is 0 Å². The van der Waals surface area contributed by atoms with Gasteiger partial charge in [-0.15, -0.1) is 0 Å². The zero-order valence-electron chi connectivity index (χ0n) is 9.31. The average Bonchev–Trinajstić information content (AvgIpc) is 2.38. The van der Waals surface area contributed by atoms with E-state index in [4.69, 9.17) is 20.9 Å². The van der Waals surface area contributed by atoms with E-state index in [1.165, 1.54) is 18.2 Å². The predicted octanol–water partition coefficient (Wildman–Crippen LogP) is 1.76. The van der Waals surface area contributed by atoms with Gasteiger partial charge in [0.2, 0.25) is 0 Å². The molecule has 19 heavy (non-hydrogen) atoms. The number of rotatable bonds is 3. The molecule has 0 fully saturated rings. The molecule has 0 heterocycles. The fourth-order valence-electron chi connectivity index (χ4n) is 1.19. The smallest absolute Gasteiger partial charge is 0.338 e. The van der Waals surface area contributed by atoms with E-state index in [0.717, 1.165) is 12.1 Å². The van der Waals surface area contributed by atoms with Crippen LogP contribution in [-0.2, 0) is 0 Å². The predicted molar refractivity (Wildman–Crippen MR) is 60.8 cm³/mol. The highest BCUT2D eigenvalue weighted by atomic mass is 19.1. The van der Waals surface area contributed by atoms with Crippen molar-refractivity contribution in [1.29, 1.82) is 15.8 Å². The van der Waals surface area contributed by atoms with Crippen LogP contribution in [0.15, 0.2) is 29.5 Å². The number of hydrogen-bond donors (Lipinski definition) is 2. The molecular formula is C12H5FN4O2. The molecule has 1 aromatic carbocycles. The van der Waals surface area contributed by atoms with Crippen molar-refractivity contribution in [3.63, 3.8) is 0 Å². The second-order valence-corrected chi connectivity index (χ2v) is 3.21. The van der Waals surface area contributed by atoms with Crippen LogP contribution in [0.2, 0.25) is 0 Å². The van der Waals surface area contributed by atoms with E-state index < -0.39 is 22.9 Å². The van der Waals surface area contributed by atoms with Gasteiger partial charge in [0.25, 0.3) is 0 Å². The van der Waals surface area contributed by atoms with Crippen molar-refractivity contribution in [2.75, 3.05) is 5.32 Å². The standard InChI is InChI=1S/C12H5FN4O2/c13-10-3-8(1-2-9(10)12(18)19)17-11(6-16)7(4-14)5-15/h1-3,17H,(H,18,19). The molecule has 0 aliphatic carbocycles. The van der Waals surface area contributed by atoms with Gasteiger partial charge >= 0.3 is 5.97 Å². The summed E-state index contributed by atoms with van der Waals surface area (Å²) >= 11 is 0. The van der Waals surface area contributed by atoms with E-state index >= 15 is 0 Å². The maximum absolute atomic E-state index is 13.4. The second-order valence-electron chi connectivity index (χ2n) is 3.21. The minimum absolute atomic E-state index is 0.0575. The normalized spacial score (nSPS) is 8.53. The first kappa shape index (κ1) is 13.7. The fraction of sp³-hybridized carbons (Fsp3) is 0. The van der Waals surface area contributed by atoms with Crippen molar-refractivity contribution >= 4 is 11.7 Å². The van der Waals surface area contributed by atoms with E-state index in [2.05, 4.69) is 5.32 Å². The Hall–Kier alpha value is -3.37. The Labute approximate surface area is 107 Å². The van der Waals surface area contributed by atoms with Gasteiger partial charge in [0.1, 0.15) is 29.7 Å². The van der Waals surface area contributed by atoms with Gasteiger partial charge in [-0.05, 0) is 18.2 Å². The summed E-state index contributed by atoms with van der Waals surface area (Å²) in [5.41, 5.74) is -1.26. The number of nitriles is 3. The molecular weight excluding hydrogens is 251 g/mol. The van der Waals surface area contributed by atoms with Gasteiger partial charge < -0.3 is 10.4 Å². The third-order valence-corrected chi connectivity index (χ3v) is 2.05. The molecule has 7 heteroatoms. The number of aromatic carboxylic acids is 1. The van der Waals surface area contributed by atoms with Gasteiger partial charge in [-0.2, -0.15) is 15.8 Å². The maximum atomic E-state index is 13.4. The molecule has 0 bridgehead atoms. The number of anilines is 1. The second kappa shape index (κ2) is 5.81. The van der Waals surface area contributed by atoms with Gasteiger partial charge in [-0.25, -0.2) is 9.18 Å². The Morgan fingerprint density at radius 2 is 1.84 bits per heavy atom. The molecule has 92 valence electrons. The maximum Gasteiger partial charge on any atom is 0.338 e. The molecule has 0 spiro atoms. The molecule has 0 aromatic heterocycles. The molecule has 0 aliphatic heterocycles. The van der Waals surface area contributed by atoms with Crippen LogP contribution in [0.4, 0.5) is 10.1 Å². The molecule has 0 unspecified atom stereocenters. The van der Waals surface area contributed by atoms with Crippen molar-refractivity contribution in [3.8, 4) is 18.2 Å². The topological polar surface area (TPSA) is 121 Å². The number of halogens is 1. The lowest BCUT2D eigenvalue weighted by Gasteiger charge is -2.05. The van der Waals surface area contributed by atoms with E-state index in [-0.39, 0.29) is 11.4 Å². The van der Waals surface area contributed by atoms with Gasteiger partial charge in [-0.3, -0.25) is 0 Å². The van der Waals surface area contributed by atoms with Crippen LogP contribution >= 0.6 is 0 Å². The van der Waals surface area contributed by atoms with Crippen LogP contribution in [0.5, 0.6) is 0 Å². The molecule has 0 saturated carbocycles. The van der Waals surface area contributed by atoms with Crippen molar-refractivity contribution in [3.05, 3.63) is 40.8 Å². The van der Waals surface area contributed by atoms with Crippen molar-refractivity contribution in [2.24, 2.45) is 0 Å². The molecule has 1 aromatic rings. The lowest BCUT2D eigenvalue weighted by molar-refractivity contribution is 0.0692. The number of carboxylic acid groups (broad SMARTS) is 1. The Kier molecular flexibility index (Phi) is 4.19. The molecule has 6 nitrogen and oxygen atoms in total. The molecule has 2 N–H and O–H groups in total. The lowest BCUT2D eigenvalue weighted by atomic mass is 10.2. The summed E-state index contributed by atoms with van der Waals surface area (Å²) < 4.78 is 13.4. The number of carbonyl (C=O) groups is 1. The van der Waals surface area contributed by atoms with Crippen LogP contribution in [0, 0.1) is 39.8 Å². The zero-order valence-corrected chi connectivity index (χ0v) is 9.31. The summed E-state index contributed by atoms with van der Waals surface area (Å²) in [6, 6.07) is 7.70. The third-order valence-electron chi connectivity index (χ3n) is 2.05. The highest BCUT2D eigenvalue weighted by molar-refractivity contribution is 5.88. The summed E-state index contributed by atoms with van der Waals surface area (Å²) in [4.78, 5) is 10.6. The van der Waals surface area contributed by atoms with Crippen molar-refractivity contribution < 1.29 is 14.3 Å². The minimum atomic E-state index is -1.42. The summed E-state index contributed by atoms with van der Waals surface area (Å²) in [5.74, 6) is -2.42. The zero-order chi connectivity index (χ0) is 14.4. The molecule has 0 saturated heterocycles. The fourth-order valence-corrected chi connectivity index (χ4v) is 1.19. The lowest BCUT2D eigenvalue weighted by Crippen LogP contribution is -2.04. The van der Waals surface area contributed by atoms with Gasteiger partial charge in [-0.1, -0.05) is 0 Å². The Morgan fingerprint density at radius 1 is 1.21 bits per heavy atom. The number of hydrogen-bond acceptors (Lipinski definition) is 5. The number of nitrogens with zero attached hydrogens (tertiary/aromatic N) is 3. The monoisotopic (exact) mass is 256 g/mol. The molecule has 0 amide bonds.